The summed E-state index contributed by atoms with van der Waals surface area (Å²) in [4.78, 5) is 0. The summed E-state index contributed by atoms with van der Waals surface area (Å²) < 4.78 is 44.8. The monoisotopic (exact) mass is 512 g/mol. The first kappa shape index (κ1) is 29.5. The summed E-state index contributed by atoms with van der Waals surface area (Å²) in [6.45, 7) is 10.2. The minimum Gasteiger partial charge on any atom is -0.212 e. The van der Waals surface area contributed by atoms with Crippen LogP contribution in [0.3, 0.4) is 0 Å². The molecule has 0 bridgehead atoms. The van der Waals surface area contributed by atoms with Gasteiger partial charge in [-0.1, -0.05) is 76.0 Å². The maximum Gasteiger partial charge on any atom is 0.166 e. The Hall–Kier alpha value is -2.03. The number of allylic oxidation sites excluding steroid dienone is 7. The first-order valence-corrected chi connectivity index (χ1v) is 14.7. The number of halogens is 3. The summed E-state index contributed by atoms with van der Waals surface area (Å²) in [5.74, 6) is 0.172. The van der Waals surface area contributed by atoms with Crippen LogP contribution in [0.4, 0.5) is 13.2 Å². The highest BCUT2D eigenvalue weighted by Crippen LogP contribution is 2.39. The van der Waals surface area contributed by atoms with Crippen LogP contribution in [0.2, 0.25) is 0 Å². The van der Waals surface area contributed by atoms with Gasteiger partial charge in [-0.3, -0.25) is 0 Å². The molecule has 3 rings (SSSR count). The fraction of sp³-hybridized carbons (Fsp3) is 0.588. The van der Waals surface area contributed by atoms with E-state index in [1.807, 2.05) is 6.08 Å². The summed E-state index contributed by atoms with van der Waals surface area (Å²) in [7, 11) is 0. The molecule has 0 radical (unpaired) electrons. The fourth-order valence-corrected chi connectivity index (χ4v) is 6.30. The van der Waals surface area contributed by atoms with Crippen LogP contribution in [0.1, 0.15) is 115 Å². The van der Waals surface area contributed by atoms with Crippen LogP contribution in [0, 0.1) is 29.4 Å². The van der Waals surface area contributed by atoms with Gasteiger partial charge < -0.3 is 0 Å². The highest BCUT2D eigenvalue weighted by molar-refractivity contribution is 5.70. The van der Waals surface area contributed by atoms with Crippen LogP contribution in [-0.2, 0) is 6.42 Å². The van der Waals surface area contributed by atoms with Crippen molar-refractivity contribution in [1.29, 1.82) is 0 Å². The number of hydrogen-bond donors (Lipinski definition) is 0. The van der Waals surface area contributed by atoms with Crippen molar-refractivity contribution >= 4 is 5.57 Å². The highest BCUT2D eigenvalue weighted by atomic mass is 19.2. The second-order valence-electron chi connectivity index (χ2n) is 11.5. The quantitative estimate of drug-likeness (QED) is 0.244. The van der Waals surface area contributed by atoms with Crippen LogP contribution in [0.5, 0.6) is 0 Å². The molecule has 1 atom stereocenters. The number of benzene rings is 1. The Labute approximate surface area is 223 Å². The SMILES string of the molecule is C=C/C=C(\C=C(\F)CC1CCC(CCc2ccc(C3=C(C)CC(CC)CC3)c(F)c2F)CC1)CCCC. The summed E-state index contributed by atoms with van der Waals surface area (Å²) in [6, 6.07) is 3.61. The van der Waals surface area contributed by atoms with Gasteiger partial charge in [0.15, 0.2) is 11.6 Å². The molecular formula is C34H47F3. The average molecular weight is 513 g/mol. The first-order chi connectivity index (χ1) is 17.9. The van der Waals surface area contributed by atoms with E-state index < -0.39 is 11.6 Å². The lowest BCUT2D eigenvalue weighted by molar-refractivity contribution is 0.253. The molecule has 0 aromatic heterocycles. The molecule has 0 N–H and O–H groups in total. The molecule has 0 spiro atoms. The van der Waals surface area contributed by atoms with Gasteiger partial charge in [-0.25, -0.2) is 13.2 Å². The van der Waals surface area contributed by atoms with Gasteiger partial charge >= 0.3 is 0 Å². The molecule has 0 heterocycles. The Morgan fingerprint density at radius 2 is 1.73 bits per heavy atom. The normalized spacial score (nSPS) is 23.5. The van der Waals surface area contributed by atoms with E-state index in [1.165, 1.54) is 5.57 Å². The van der Waals surface area contributed by atoms with E-state index in [2.05, 4.69) is 27.4 Å². The second kappa shape index (κ2) is 14.8. The lowest BCUT2D eigenvalue weighted by Gasteiger charge is -2.28. The highest BCUT2D eigenvalue weighted by Gasteiger charge is 2.25. The Morgan fingerprint density at radius 1 is 1.00 bits per heavy atom. The minimum atomic E-state index is -0.670. The van der Waals surface area contributed by atoms with Crippen molar-refractivity contribution in [2.24, 2.45) is 17.8 Å². The Kier molecular flexibility index (Phi) is 11.8. The molecule has 204 valence electrons. The molecular weight excluding hydrogens is 465 g/mol. The van der Waals surface area contributed by atoms with Gasteiger partial charge in [0.1, 0.15) is 5.83 Å². The van der Waals surface area contributed by atoms with Crippen molar-refractivity contribution in [3.05, 3.63) is 76.7 Å². The third-order valence-corrected chi connectivity index (χ3v) is 8.74. The summed E-state index contributed by atoms with van der Waals surface area (Å²) >= 11 is 0. The van der Waals surface area contributed by atoms with Gasteiger partial charge in [-0.15, -0.1) is 0 Å². The van der Waals surface area contributed by atoms with E-state index in [0.29, 0.717) is 41.7 Å². The van der Waals surface area contributed by atoms with Crippen molar-refractivity contribution in [2.45, 2.75) is 111 Å². The Morgan fingerprint density at radius 3 is 2.38 bits per heavy atom. The maximum absolute atomic E-state index is 15.1. The van der Waals surface area contributed by atoms with E-state index >= 15 is 8.78 Å². The van der Waals surface area contributed by atoms with Crippen LogP contribution < -0.4 is 0 Å². The zero-order chi connectivity index (χ0) is 26.8. The summed E-state index contributed by atoms with van der Waals surface area (Å²) in [5.41, 5.74) is 4.19. The molecule has 1 fully saturated rings. The van der Waals surface area contributed by atoms with Gasteiger partial charge in [0.25, 0.3) is 0 Å². The number of unbranched alkanes of at least 4 members (excludes halogenated alkanes) is 1. The summed E-state index contributed by atoms with van der Waals surface area (Å²) in [6.07, 6.45) is 18.4. The maximum atomic E-state index is 15.1. The third-order valence-electron chi connectivity index (χ3n) is 8.74. The molecule has 1 unspecified atom stereocenters. The van der Waals surface area contributed by atoms with Crippen LogP contribution >= 0.6 is 0 Å². The molecule has 0 aliphatic heterocycles. The molecule has 2 aliphatic rings. The van der Waals surface area contributed by atoms with Gasteiger partial charge in [0, 0.05) is 12.0 Å². The zero-order valence-corrected chi connectivity index (χ0v) is 23.4. The molecule has 1 aromatic carbocycles. The zero-order valence-electron chi connectivity index (χ0n) is 23.4. The van der Waals surface area contributed by atoms with Gasteiger partial charge in [-0.05, 0) is 105 Å². The van der Waals surface area contributed by atoms with E-state index in [9.17, 15) is 4.39 Å². The average Bonchev–Trinajstić information content (AvgIpc) is 2.89. The number of aryl methyl sites for hydroxylation is 1. The third kappa shape index (κ3) is 8.48. The fourth-order valence-electron chi connectivity index (χ4n) is 6.30. The number of hydrogen-bond acceptors (Lipinski definition) is 0. The first-order valence-electron chi connectivity index (χ1n) is 14.7. The molecule has 3 heteroatoms. The van der Waals surface area contributed by atoms with Crippen LogP contribution in [0.25, 0.3) is 5.57 Å². The van der Waals surface area contributed by atoms with Crippen molar-refractivity contribution in [3.63, 3.8) is 0 Å². The second-order valence-corrected chi connectivity index (χ2v) is 11.5. The van der Waals surface area contributed by atoms with Crippen LogP contribution in [-0.4, -0.2) is 0 Å². The molecule has 2 aliphatic carbocycles. The van der Waals surface area contributed by atoms with Gasteiger partial charge in [-0.2, -0.15) is 0 Å². The standard InChI is InChI=1S/C34H47F3/c1-5-8-10-27(9-6-2)22-30(35)23-28-13-11-26(12-14-28)15-17-29-18-20-32(34(37)33(29)36)31-19-16-25(7-3)21-24(31)4/h6,9,18,20,22,25-26,28H,2,5,7-8,10-17,19,21,23H2,1,3-4H3/b27-9-,30-22+. The summed E-state index contributed by atoms with van der Waals surface area (Å²) in [5, 5.41) is 0. The lowest BCUT2D eigenvalue weighted by atomic mass is 9.78. The molecule has 0 amide bonds. The van der Waals surface area contributed by atoms with Crippen molar-refractivity contribution in [3.8, 4) is 0 Å². The van der Waals surface area contributed by atoms with Crippen molar-refractivity contribution < 1.29 is 13.2 Å². The van der Waals surface area contributed by atoms with E-state index in [4.69, 9.17) is 0 Å². The van der Waals surface area contributed by atoms with E-state index in [1.54, 1.807) is 24.3 Å². The predicted molar refractivity (Wildman–Crippen MR) is 152 cm³/mol. The van der Waals surface area contributed by atoms with E-state index in [0.717, 1.165) is 88.2 Å². The Bertz CT molecular complexity index is 989. The van der Waals surface area contributed by atoms with Gasteiger partial charge in [0.2, 0.25) is 0 Å². The van der Waals surface area contributed by atoms with Crippen LogP contribution in [0.15, 0.2) is 53.9 Å². The predicted octanol–water partition coefficient (Wildman–Crippen LogP) is 11.2. The molecule has 0 saturated heterocycles. The largest absolute Gasteiger partial charge is 0.212 e. The Balaban J connectivity index is 1.51. The lowest BCUT2D eigenvalue weighted by Crippen LogP contribution is -2.16. The van der Waals surface area contributed by atoms with Gasteiger partial charge in [0.05, 0.1) is 0 Å². The molecule has 0 nitrogen and oxygen atoms in total. The smallest absolute Gasteiger partial charge is 0.166 e. The molecule has 37 heavy (non-hydrogen) atoms. The van der Waals surface area contributed by atoms with Crippen molar-refractivity contribution in [1.82, 2.24) is 0 Å². The molecule has 1 aromatic rings. The van der Waals surface area contributed by atoms with E-state index in [-0.39, 0.29) is 5.83 Å². The van der Waals surface area contributed by atoms with Crippen molar-refractivity contribution in [2.75, 3.05) is 0 Å². The number of rotatable bonds is 12. The topological polar surface area (TPSA) is 0 Å². The minimum absolute atomic E-state index is 0.0289. The molecule has 1 saturated carbocycles.